The number of carbonyl (C=O) groups is 1. The second-order valence-corrected chi connectivity index (χ2v) is 11.8. The molecule has 2 bridgehead atoms. The van der Waals surface area contributed by atoms with Crippen molar-refractivity contribution in [2.45, 2.75) is 75.5 Å². The summed E-state index contributed by atoms with van der Waals surface area (Å²) in [5.74, 6) is -3.66. The molecule has 0 spiro atoms. The average molecular weight is 623 g/mol. The van der Waals surface area contributed by atoms with Gasteiger partial charge in [-0.05, 0) is 45.2 Å². The van der Waals surface area contributed by atoms with Crippen LogP contribution in [-0.2, 0) is 25.4 Å². The first-order chi connectivity index (χ1) is 19.1. The number of carbonyl (C=O) groups excluding carboxylic acids is 1. The monoisotopic (exact) mass is 622 g/mol. The van der Waals surface area contributed by atoms with Crippen LogP contribution in [0.3, 0.4) is 0 Å². The number of aliphatic hydroxyl groups excluding tert-OH is 2. The third-order valence-corrected chi connectivity index (χ3v) is 9.75. The Morgan fingerprint density at radius 2 is 1.90 bits per heavy atom. The van der Waals surface area contributed by atoms with Gasteiger partial charge in [-0.2, -0.15) is 0 Å². The third kappa shape index (κ3) is 3.17. The van der Waals surface area contributed by atoms with Gasteiger partial charge < -0.3 is 43.7 Å². The maximum Gasteiger partial charge on any atom is 0.275 e. The van der Waals surface area contributed by atoms with Gasteiger partial charge in [-0.15, -0.1) is 0 Å². The lowest BCUT2D eigenvalue weighted by molar-refractivity contribution is -0.377. The first-order valence-corrected chi connectivity index (χ1v) is 14.7. The summed E-state index contributed by atoms with van der Waals surface area (Å²) < 4.78 is 38.9. The Labute approximate surface area is 240 Å². The molecule has 1 aliphatic carbocycles. The van der Waals surface area contributed by atoms with Crippen LogP contribution in [0.1, 0.15) is 59.8 Å². The van der Waals surface area contributed by atoms with Crippen LogP contribution < -0.4 is 9.47 Å². The Bertz CT molecular complexity index is 1390. The summed E-state index contributed by atoms with van der Waals surface area (Å²) in [6.45, 7) is 4.72. The van der Waals surface area contributed by atoms with Crippen LogP contribution in [0.2, 0.25) is 0 Å². The van der Waals surface area contributed by atoms with Crippen molar-refractivity contribution < 1.29 is 48.5 Å². The minimum atomic E-state index is -1.64. The van der Waals surface area contributed by atoms with E-state index in [1.54, 1.807) is 7.11 Å². The summed E-state index contributed by atoms with van der Waals surface area (Å²) >= 11 is 3.60. The van der Waals surface area contributed by atoms with Gasteiger partial charge in [0.25, 0.3) is 5.79 Å². The summed E-state index contributed by atoms with van der Waals surface area (Å²) in [5, 5.41) is 33.4. The van der Waals surface area contributed by atoms with E-state index in [1.165, 1.54) is 7.11 Å². The lowest BCUT2D eigenvalue weighted by atomic mass is 9.73. The molecule has 218 valence electrons. The van der Waals surface area contributed by atoms with E-state index in [0.29, 0.717) is 46.9 Å². The molecule has 3 heterocycles. The number of ether oxygens (including phenoxy) is 6. The minimum Gasteiger partial charge on any atom is -0.506 e. The number of halogens is 1. The molecule has 3 unspecified atom stereocenters. The quantitative estimate of drug-likeness (QED) is 0.376. The zero-order valence-electron chi connectivity index (χ0n) is 23.2. The predicted octanol–water partition coefficient (Wildman–Crippen LogP) is 3.44. The molecular weight excluding hydrogens is 588 g/mol. The Kier molecular flexibility index (Phi) is 6.70. The third-order valence-electron chi connectivity index (χ3n) is 8.96. The van der Waals surface area contributed by atoms with Gasteiger partial charge in [-0.1, -0.05) is 15.9 Å². The molecule has 2 aromatic rings. The topological polar surface area (TPSA) is 133 Å². The Balaban J connectivity index is 1.70. The van der Waals surface area contributed by atoms with E-state index >= 15 is 0 Å². The van der Waals surface area contributed by atoms with Gasteiger partial charge >= 0.3 is 0 Å². The number of phenolic OH excluding ortho intramolecular Hbond substituents is 1. The van der Waals surface area contributed by atoms with E-state index in [4.69, 9.17) is 28.4 Å². The molecule has 6 rings (SSSR count). The number of aryl methyl sites for hydroxylation is 1. The fourth-order valence-electron chi connectivity index (χ4n) is 7.44. The fourth-order valence-corrected chi connectivity index (χ4v) is 8.36. The minimum absolute atomic E-state index is 0.105. The summed E-state index contributed by atoms with van der Waals surface area (Å²) in [6.07, 6.45) is -0.351. The van der Waals surface area contributed by atoms with E-state index in [9.17, 15) is 20.1 Å². The van der Waals surface area contributed by atoms with Gasteiger partial charge in [-0.25, -0.2) is 0 Å². The van der Waals surface area contributed by atoms with Gasteiger partial charge in [0, 0.05) is 35.4 Å². The Morgan fingerprint density at radius 3 is 2.50 bits per heavy atom. The second kappa shape index (κ2) is 9.52. The van der Waals surface area contributed by atoms with Crippen molar-refractivity contribution in [3.05, 3.63) is 28.3 Å². The number of aromatic hydroxyl groups is 1. The van der Waals surface area contributed by atoms with Crippen LogP contribution >= 0.6 is 15.9 Å². The van der Waals surface area contributed by atoms with Crippen molar-refractivity contribution in [3.8, 4) is 17.2 Å². The smallest absolute Gasteiger partial charge is 0.275 e. The van der Waals surface area contributed by atoms with Gasteiger partial charge in [0.05, 0.1) is 43.3 Å². The molecule has 3 aliphatic heterocycles. The molecule has 0 amide bonds. The average Bonchev–Trinajstić information content (AvgIpc) is 3.43. The summed E-state index contributed by atoms with van der Waals surface area (Å²) in [5.41, 5.74) is 0.846. The van der Waals surface area contributed by atoms with Crippen molar-refractivity contribution in [3.63, 3.8) is 0 Å². The summed E-state index contributed by atoms with van der Waals surface area (Å²) in [4.78, 5) is 13.1. The van der Waals surface area contributed by atoms with Gasteiger partial charge in [0.1, 0.15) is 23.4 Å². The van der Waals surface area contributed by atoms with Crippen molar-refractivity contribution in [1.29, 1.82) is 0 Å². The van der Waals surface area contributed by atoms with E-state index in [1.807, 2.05) is 26.8 Å². The molecule has 0 radical (unpaired) electrons. The largest absolute Gasteiger partial charge is 0.506 e. The maximum absolute atomic E-state index is 13.1. The number of alkyl halides is 1. The fraction of sp³-hybridized carbons (Fsp3) is 0.621. The zero-order chi connectivity index (χ0) is 28.8. The lowest BCUT2D eigenvalue weighted by Crippen LogP contribution is -2.77. The standard InChI is InChI=1S/C29H35BrO10/c1-13(2)37-27(12-30)28(15(10-31)11-32)39-25-19-14(3)9-17-21(24(19)38-29(27,36-5)26(25)40-28)22(34)20-16(23(17)35-4)7-6-8-18(20)33/h9,13,15,25-26,31-32,34H,6-8,10-12H2,1-5H3/t25?,26?,27-,28?,29-/m1/s1. The van der Waals surface area contributed by atoms with E-state index < -0.39 is 48.5 Å². The van der Waals surface area contributed by atoms with E-state index in [-0.39, 0.29) is 34.3 Å². The van der Waals surface area contributed by atoms with Crippen LogP contribution in [0.25, 0.3) is 10.8 Å². The van der Waals surface area contributed by atoms with Crippen molar-refractivity contribution in [2.24, 2.45) is 5.92 Å². The molecule has 40 heavy (non-hydrogen) atoms. The van der Waals surface area contributed by atoms with Crippen LogP contribution in [0.5, 0.6) is 17.2 Å². The number of hydrogen-bond acceptors (Lipinski definition) is 10. The van der Waals surface area contributed by atoms with Crippen LogP contribution in [0, 0.1) is 12.8 Å². The molecule has 10 nitrogen and oxygen atoms in total. The number of ketones is 1. The highest BCUT2D eigenvalue weighted by atomic mass is 79.9. The molecule has 2 fully saturated rings. The molecule has 11 heteroatoms. The van der Waals surface area contributed by atoms with Crippen molar-refractivity contribution in [2.75, 3.05) is 32.8 Å². The second-order valence-electron chi connectivity index (χ2n) is 11.3. The van der Waals surface area contributed by atoms with Gasteiger partial charge in [-0.3, -0.25) is 4.79 Å². The van der Waals surface area contributed by atoms with Crippen LogP contribution in [0.4, 0.5) is 0 Å². The number of aliphatic hydroxyl groups is 2. The van der Waals surface area contributed by atoms with Crippen LogP contribution in [0.15, 0.2) is 6.07 Å². The maximum atomic E-state index is 13.1. The number of hydrogen-bond donors (Lipinski definition) is 3. The van der Waals surface area contributed by atoms with Crippen LogP contribution in [-0.4, -0.2) is 83.2 Å². The number of phenols is 1. The number of benzene rings is 2. The number of rotatable bonds is 8. The zero-order valence-corrected chi connectivity index (χ0v) is 24.8. The molecule has 0 saturated carbocycles. The highest BCUT2D eigenvalue weighted by Crippen LogP contribution is 2.69. The molecule has 5 atom stereocenters. The molecule has 2 aromatic carbocycles. The van der Waals surface area contributed by atoms with Gasteiger partial charge in [0.2, 0.25) is 5.79 Å². The Hall–Kier alpha value is -1.99. The summed E-state index contributed by atoms with van der Waals surface area (Å²) in [6, 6.07) is 1.90. The van der Waals surface area contributed by atoms with Crippen molar-refractivity contribution >= 4 is 32.5 Å². The lowest BCUT2D eigenvalue weighted by Gasteiger charge is -2.57. The normalized spacial score (nSPS) is 32.1. The number of methoxy groups -OCH3 is 2. The predicted molar refractivity (Wildman–Crippen MR) is 146 cm³/mol. The molecule has 2 saturated heterocycles. The molecule has 4 aliphatic rings. The Morgan fingerprint density at radius 1 is 1.18 bits per heavy atom. The van der Waals surface area contributed by atoms with Gasteiger partial charge in [0.15, 0.2) is 17.5 Å². The highest BCUT2D eigenvalue weighted by molar-refractivity contribution is 9.09. The molecular formula is C29H35BrO10. The first-order valence-electron chi connectivity index (χ1n) is 13.6. The molecule has 0 aromatic heterocycles. The summed E-state index contributed by atoms with van der Waals surface area (Å²) in [7, 11) is 3.04. The number of fused-ring (bicyclic) bond motifs is 6. The first kappa shape index (κ1) is 28.1. The SMILES string of the molecule is COc1c2c(c(O)c3c4c(c(C)cc13)C1OC3(C(CO)CO)OC1[C@@](OC)(O4)[C@]3(CBr)OC(C)C)C(=O)CCC2. The van der Waals surface area contributed by atoms with Crippen molar-refractivity contribution in [1.82, 2.24) is 0 Å². The molecule has 3 N–H and O–H groups in total. The van der Waals surface area contributed by atoms with E-state index in [0.717, 1.165) is 5.56 Å². The number of Topliss-reactive ketones (excluding diaryl/α,β-unsaturated/α-hetero) is 1. The van der Waals surface area contributed by atoms with E-state index in [2.05, 4.69) is 15.9 Å². The highest BCUT2D eigenvalue weighted by Gasteiger charge is 2.87.